The third-order valence-corrected chi connectivity index (χ3v) is 2.99. The normalized spacial score (nSPS) is 19.1. The summed E-state index contributed by atoms with van der Waals surface area (Å²) >= 11 is 0. The van der Waals surface area contributed by atoms with Crippen LogP contribution in [0.25, 0.3) is 11.5 Å². The highest BCUT2D eigenvalue weighted by Crippen LogP contribution is 2.27. The number of aliphatic hydroxyl groups is 1. The van der Waals surface area contributed by atoms with Gasteiger partial charge < -0.3 is 9.52 Å². The van der Waals surface area contributed by atoms with Crippen LogP contribution in [0.1, 0.15) is 17.9 Å². The lowest BCUT2D eigenvalue weighted by Crippen LogP contribution is -2.17. The van der Waals surface area contributed by atoms with Gasteiger partial charge in [-0.15, -0.1) is 0 Å². The Morgan fingerprint density at radius 3 is 3.12 bits per heavy atom. The zero-order valence-corrected chi connectivity index (χ0v) is 9.19. The summed E-state index contributed by atoms with van der Waals surface area (Å²) < 4.78 is 18.7. The standard InChI is InChI=1S/C13H12FNO2/c14-9-3-1-2-8(6-9)13-15-11-5-4-10(16)7-12(11)17-13/h1-3,6,10,16H,4-5,7H2. The molecule has 0 radical (unpaired) electrons. The number of benzene rings is 1. The molecule has 1 aromatic carbocycles. The number of halogens is 1. The van der Waals surface area contributed by atoms with Crippen molar-refractivity contribution in [2.75, 3.05) is 0 Å². The summed E-state index contributed by atoms with van der Waals surface area (Å²) in [4.78, 5) is 4.35. The van der Waals surface area contributed by atoms with Gasteiger partial charge in [0.1, 0.15) is 11.6 Å². The van der Waals surface area contributed by atoms with Crippen molar-refractivity contribution >= 4 is 0 Å². The van der Waals surface area contributed by atoms with Crippen LogP contribution in [-0.4, -0.2) is 16.2 Å². The first-order valence-electron chi connectivity index (χ1n) is 5.65. The molecule has 0 spiro atoms. The van der Waals surface area contributed by atoms with E-state index >= 15 is 0 Å². The van der Waals surface area contributed by atoms with Crippen LogP contribution in [0.4, 0.5) is 4.39 Å². The van der Waals surface area contributed by atoms with Gasteiger partial charge in [-0.3, -0.25) is 0 Å². The fraction of sp³-hybridized carbons (Fsp3) is 0.308. The minimum Gasteiger partial charge on any atom is -0.441 e. The molecule has 1 aliphatic rings. The van der Waals surface area contributed by atoms with Crippen LogP contribution in [0.2, 0.25) is 0 Å². The predicted molar refractivity (Wildman–Crippen MR) is 59.9 cm³/mol. The van der Waals surface area contributed by atoms with Gasteiger partial charge in [0.05, 0.1) is 11.8 Å². The maximum Gasteiger partial charge on any atom is 0.226 e. The highest BCUT2D eigenvalue weighted by atomic mass is 19.1. The van der Waals surface area contributed by atoms with E-state index in [0.717, 1.165) is 17.9 Å². The Morgan fingerprint density at radius 1 is 1.41 bits per heavy atom. The number of hydrogen-bond acceptors (Lipinski definition) is 3. The fourth-order valence-electron chi connectivity index (χ4n) is 2.10. The van der Waals surface area contributed by atoms with E-state index in [1.807, 2.05) is 0 Å². The number of fused-ring (bicyclic) bond motifs is 1. The lowest BCUT2D eigenvalue weighted by molar-refractivity contribution is 0.150. The third kappa shape index (κ3) is 1.96. The molecule has 1 heterocycles. The van der Waals surface area contributed by atoms with E-state index in [1.54, 1.807) is 12.1 Å². The number of aliphatic hydroxyl groups excluding tert-OH is 1. The third-order valence-electron chi connectivity index (χ3n) is 2.99. The Bertz CT molecular complexity index is 550. The van der Waals surface area contributed by atoms with Gasteiger partial charge in [-0.05, 0) is 31.0 Å². The molecule has 0 amide bonds. The first kappa shape index (κ1) is 10.5. The molecular weight excluding hydrogens is 221 g/mol. The van der Waals surface area contributed by atoms with Crippen LogP contribution in [0.5, 0.6) is 0 Å². The van der Waals surface area contributed by atoms with Gasteiger partial charge >= 0.3 is 0 Å². The Balaban J connectivity index is 2.00. The molecule has 4 heteroatoms. The fourth-order valence-corrected chi connectivity index (χ4v) is 2.10. The molecule has 3 nitrogen and oxygen atoms in total. The second kappa shape index (κ2) is 3.96. The number of oxazole rings is 1. The molecule has 1 aliphatic carbocycles. The van der Waals surface area contributed by atoms with Crippen molar-refractivity contribution in [3.05, 3.63) is 41.5 Å². The average molecular weight is 233 g/mol. The van der Waals surface area contributed by atoms with Crippen molar-refractivity contribution in [2.45, 2.75) is 25.4 Å². The SMILES string of the molecule is OC1CCc2nc(-c3cccc(F)c3)oc2C1. The number of rotatable bonds is 1. The first-order valence-corrected chi connectivity index (χ1v) is 5.65. The number of aryl methyl sites for hydroxylation is 1. The summed E-state index contributed by atoms with van der Waals surface area (Å²) in [6.45, 7) is 0. The lowest BCUT2D eigenvalue weighted by Gasteiger charge is -2.13. The van der Waals surface area contributed by atoms with Crippen LogP contribution in [0, 0.1) is 5.82 Å². The van der Waals surface area contributed by atoms with Gasteiger partial charge in [0.15, 0.2) is 0 Å². The molecule has 88 valence electrons. The van der Waals surface area contributed by atoms with Crippen LogP contribution in [0.3, 0.4) is 0 Å². The lowest BCUT2D eigenvalue weighted by atomic mass is 9.99. The molecule has 0 fully saturated rings. The molecular formula is C13H12FNO2. The van der Waals surface area contributed by atoms with Crippen LogP contribution < -0.4 is 0 Å². The number of nitrogens with zero attached hydrogens (tertiary/aromatic N) is 1. The van der Waals surface area contributed by atoms with Crippen molar-refractivity contribution < 1.29 is 13.9 Å². The van der Waals surface area contributed by atoms with Crippen LogP contribution in [0.15, 0.2) is 28.7 Å². The Kier molecular flexibility index (Phi) is 2.44. The van der Waals surface area contributed by atoms with E-state index in [9.17, 15) is 9.50 Å². The second-order valence-electron chi connectivity index (χ2n) is 4.30. The van der Waals surface area contributed by atoms with E-state index in [4.69, 9.17) is 4.42 Å². The maximum absolute atomic E-state index is 13.1. The molecule has 1 N–H and O–H groups in total. The quantitative estimate of drug-likeness (QED) is 0.822. The molecule has 2 aromatic rings. The molecule has 17 heavy (non-hydrogen) atoms. The van der Waals surface area contributed by atoms with E-state index < -0.39 is 0 Å². The number of hydrogen-bond donors (Lipinski definition) is 1. The Morgan fingerprint density at radius 2 is 2.29 bits per heavy atom. The zero-order chi connectivity index (χ0) is 11.8. The molecule has 1 unspecified atom stereocenters. The van der Waals surface area contributed by atoms with Gasteiger partial charge in [-0.1, -0.05) is 6.07 Å². The summed E-state index contributed by atoms with van der Waals surface area (Å²) in [6.07, 6.45) is 1.57. The summed E-state index contributed by atoms with van der Waals surface area (Å²) in [7, 11) is 0. The van der Waals surface area contributed by atoms with Gasteiger partial charge in [-0.25, -0.2) is 9.37 Å². The topological polar surface area (TPSA) is 46.3 Å². The molecule has 0 saturated carbocycles. The van der Waals surface area contributed by atoms with Crippen molar-refractivity contribution in [3.63, 3.8) is 0 Å². The highest BCUT2D eigenvalue weighted by molar-refractivity contribution is 5.53. The first-order chi connectivity index (χ1) is 8.22. The summed E-state index contributed by atoms with van der Waals surface area (Å²) in [5, 5.41) is 9.53. The summed E-state index contributed by atoms with van der Waals surface area (Å²) in [5.41, 5.74) is 1.52. The van der Waals surface area contributed by atoms with Crippen molar-refractivity contribution in [1.82, 2.24) is 4.98 Å². The second-order valence-corrected chi connectivity index (χ2v) is 4.30. The molecule has 3 rings (SSSR count). The highest BCUT2D eigenvalue weighted by Gasteiger charge is 2.22. The van der Waals surface area contributed by atoms with Gasteiger partial charge in [0.25, 0.3) is 0 Å². The predicted octanol–water partition coefficient (Wildman–Crippen LogP) is 2.33. The maximum atomic E-state index is 13.1. The minimum absolute atomic E-state index is 0.307. The number of aromatic nitrogens is 1. The molecule has 0 aliphatic heterocycles. The van der Waals surface area contributed by atoms with Crippen molar-refractivity contribution in [3.8, 4) is 11.5 Å². The van der Waals surface area contributed by atoms with Crippen LogP contribution >= 0.6 is 0 Å². The van der Waals surface area contributed by atoms with E-state index in [0.29, 0.717) is 24.3 Å². The van der Waals surface area contributed by atoms with E-state index in [2.05, 4.69) is 4.98 Å². The van der Waals surface area contributed by atoms with Gasteiger partial charge in [0, 0.05) is 12.0 Å². The molecule has 1 atom stereocenters. The van der Waals surface area contributed by atoms with Crippen LogP contribution in [-0.2, 0) is 12.8 Å². The molecule has 0 saturated heterocycles. The largest absolute Gasteiger partial charge is 0.441 e. The average Bonchev–Trinajstić information content (AvgIpc) is 2.72. The van der Waals surface area contributed by atoms with Gasteiger partial charge in [0.2, 0.25) is 5.89 Å². The van der Waals surface area contributed by atoms with E-state index in [-0.39, 0.29) is 11.9 Å². The van der Waals surface area contributed by atoms with Crippen molar-refractivity contribution in [1.29, 1.82) is 0 Å². The summed E-state index contributed by atoms with van der Waals surface area (Å²) in [6, 6.07) is 6.17. The van der Waals surface area contributed by atoms with E-state index in [1.165, 1.54) is 12.1 Å². The Hall–Kier alpha value is -1.68. The van der Waals surface area contributed by atoms with Gasteiger partial charge in [-0.2, -0.15) is 0 Å². The monoisotopic (exact) mass is 233 g/mol. The minimum atomic E-state index is -0.351. The van der Waals surface area contributed by atoms with Crippen molar-refractivity contribution in [2.24, 2.45) is 0 Å². The zero-order valence-electron chi connectivity index (χ0n) is 9.19. The molecule has 0 bridgehead atoms. The summed E-state index contributed by atoms with van der Waals surface area (Å²) in [5.74, 6) is 0.852. The smallest absolute Gasteiger partial charge is 0.226 e. The Labute approximate surface area is 97.9 Å². The molecule has 1 aromatic heterocycles.